The normalized spacial score (nSPS) is 29.1. The maximum atomic E-state index is 12.5. The number of ether oxygens (including phenoxy) is 3. The van der Waals surface area contributed by atoms with E-state index in [4.69, 9.17) is 14.2 Å². The van der Waals surface area contributed by atoms with Gasteiger partial charge >= 0.3 is 5.97 Å². The fourth-order valence-electron chi connectivity index (χ4n) is 5.67. The SMILES string of the molecule is COc1ccc(C23Oc4cc(O)cc(OC)c4C2(O)C(O)C(C(=O)O)C3c2ccccc2)cc1. The van der Waals surface area contributed by atoms with Gasteiger partial charge in [0.05, 0.1) is 25.7 Å². The number of hydrogen-bond acceptors (Lipinski definition) is 7. The van der Waals surface area contributed by atoms with Crippen molar-refractivity contribution in [3.63, 3.8) is 0 Å². The van der Waals surface area contributed by atoms with Crippen LogP contribution in [0, 0.1) is 5.92 Å². The summed E-state index contributed by atoms with van der Waals surface area (Å²) in [6.07, 6.45) is -1.77. The quantitative estimate of drug-likeness (QED) is 0.454. The number of carboxylic acids is 1. The molecule has 1 fully saturated rings. The highest BCUT2D eigenvalue weighted by Crippen LogP contribution is 2.70. The lowest BCUT2D eigenvalue weighted by Gasteiger charge is -2.40. The summed E-state index contributed by atoms with van der Waals surface area (Å²) in [5.41, 5.74) is -2.89. The Hall–Kier alpha value is -3.75. The van der Waals surface area contributed by atoms with Crippen LogP contribution in [0.5, 0.6) is 23.0 Å². The van der Waals surface area contributed by atoms with Crippen molar-refractivity contribution in [2.45, 2.75) is 23.2 Å². The van der Waals surface area contributed by atoms with Gasteiger partial charge in [-0.15, -0.1) is 0 Å². The number of aliphatic hydroxyl groups is 2. The Balaban J connectivity index is 1.88. The van der Waals surface area contributed by atoms with E-state index in [1.54, 1.807) is 54.6 Å². The minimum atomic E-state index is -2.22. The average molecular weight is 464 g/mol. The van der Waals surface area contributed by atoms with Gasteiger partial charge in [0, 0.05) is 18.1 Å². The zero-order valence-electron chi connectivity index (χ0n) is 18.5. The Morgan fingerprint density at radius 3 is 2.26 bits per heavy atom. The Bertz CT molecular complexity index is 1240. The number of aliphatic hydroxyl groups excluding tert-OH is 1. The van der Waals surface area contributed by atoms with Crippen LogP contribution in [-0.4, -0.2) is 46.7 Å². The average Bonchev–Trinajstić information content (AvgIpc) is 3.22. The smallest absolute Gasteiger partial charge is 0.310 e. The number of phenolic OH excluding ortho intramolecular Hbond substituents is 1. The summed E-state index contributed by atoms with van der Waals surface area (Å²) in [5, 5.41) is 44.4. The third-order valence-corrected chi connectivity index (χ3v) is 7.02. The van der Waals surface area contributed by atoms with Crippen LogP contribution in [0.4, 0.5) is 0 Å². The molecule has 5 atom stereocenters. The van der Waals surface area contributed by atoms with Gasteiger partial charge in [0.2, 0.25) is 0 Å². The second-order valence-corrected chi connectivity index (χ2v) is 8.55. The molecule has 8 heteroatoms. The van der Waals surface area contributed by atoms with Gasteiger partial charge in [-0.2, -0.15) is 0 Å². The number of phenols is 1. The molecule has 3 aromatic rings. The highest BCUT2D eigenvalue weighted by molar-refractivity contribution is 5.76. The Morgan fingerprint density at radius 2 is 1.68 bits per heavy atom. The van der Waals surface area contributed by atoms with Crippen LogP contribution in [0.2, 0.25) is 0 Å². The van der Waals surface area contributed by atoms with E-state index in [1.807, 2.05) is 0 Å². The summed E-state index contributed by atoms with van der Waals surface area (Å²) in [6.45, 7) is 0. The molecule has 0 aromatic heterocycles. The molecule has 0 amide bonds. The molecular weight excluding hydrogens is 440 g/mol. The number of carbonyl (C=O) groups is 1. The van der Waals surface area contributed by atoms with E-state index in [2.05, 4.69) is 0 Å². The number of fused-ring (bicyclic) bond motifs is 3. The van der Waals surface area contributed by atoms with Gasteiger partial charge < -0.3 is 34.6 Å². The molecule has 0 spiro atoms. The second-order valence-electron chi connectivity index (χ2n) is 8.55. The Kier molecular flexibility index (Phi) is 4.96. The highest BCUT2D eigenvalue weighted by Gasteiger charge is 2.78. The molecule has 34 heavy (non-hydrogen) atoms. The van der Waals surface area contributed by atoms with Crippen molar-refractivity contribution in [3.8, 4) is 23.0 Å². The lowest BCUT2D eigenvalue weighted by molar-refractivity contribution is -0.159. The predicted molar refractivity (Wildman–Crippen MR) is 120 cm³/mol. The molecule has 1 saturated carbocycles. The van der Waals surface area contributed by atoms with Crippen molar-refractivity contribution in [1.82, 2.24) is 0 Å². The van der Waals surface area contributed by atoms with Crippen LogP contribution in [0.15, 0.2) is 66.7 Å². The number of carboxylic acid groups (broad SMARTS) is 1. The van der Waals surface area contributed by atoms with Gasteiger partial charge in [0.15, 0.2) is 11.2 Å². The predicted octanol–water partition coefficient (Wildman–Crippen LogP) is 2.74. The first-order valence-corrected chi connectivity index (χ1v) is 10.7. The molecule has 3 aromatic carbocycles. The molecule has 0 saturated heterocycles. The minimum absolute atomic E-state index is 0.0739. The number of methoxy groups -OCH3 is 2. The first kappa shape index (κ1) is 22.1. The lowest BCUT2D eigenvalue weighted by Crippen LogP contribution is -2.52. The van der Waals surface area contributed by atoms with Crippen molar-refractivity contribution < 1.29 is 39.4 Å². The number of aromatic hydroxyl groups is 1. The Labute approximate surface area is 195 Å². The maximum absolute atomic E-state index is 12.5. The largest absolute Gasteiger partial charge is 0.508 e. The van der Waals surface area contributed by atoms with Crippen LogP contribution in [0.3, 0.4) is 0 Å². The first-order valence-electron chi connectivity index (χ1n) is 10.7. The standard InChI is InChI=1S/C26H24O8/c1-32-17-10-8-15(9-11-17)26-21(14-6-4-3-5-7-14)20(24(29)30)23(28)25(26,31)22-18(33-2)12-16(27)13-19(22)34-26/h3-13,20-21,23,27-28,31H,1-2H3,(H,29,30). The van der Waals surface area contributed by atoms with Crippen LogP contribution >= 0.6 is 0 Å². The third-order valence-electron chi connectivity index (χ3n) is 7.02. The van der Waals surface area contributed by atoms with Crippen molar-refractivity contribution in [1.29, 1.82) is 0 Å². The molecule has 0 bridgehead atoms. The van der Waals surface area contributed by atoms with Crippen molar-refractivity contribution in [2.24, 2.45) is 5.92 Å². The zero-order valence-corrected chi connectivity index (χ0v) is 18.5. The van der Waals surface area contributed by atoms with E-state index in [9.17, 15) is 25.2 Å². The molecule has 4 N–H and O–H groups in total. The zero-order chi connectivity index (χ0) is 24.3. The monoisotopic (exact) mass is 464 g/mol. The maximum Gasteiger partial charge on any atom is 0.310 e. The summed E-state index contributed by atoms with van der Waals surface area (Å²) in [6, 6.07) is 18.1. The van der Waals surface area contributed by atoms with Gasteiger partial charge in [-0.25, -0.2) is 0 Å². The van der Waals surface area contributed by atoms with Crippen LogP contribution in [0.25, 0.3) is 0 Å². The van der Waals surface area contributed by atoms with E-state index in [0.717, 1.165) is 0 Å². The van der Waals surface area contributed by atoms with Crippen molar-refractivity contribution >= 4 is 5.97 Å². The van der Waals surface area contributed by atoms with Crippen LogP contribution in [-0.2, 0) is 16.0 Å². The fourth-order valence-corrected chi connectivity index (χ4v) is 5.67. The third kappa shape index (κ3) is 2.69. The van der Waals surface area contributed by atoms with Crippen molar-refractivity contribution in [3.05, 3.63) is 83.4 Å². The lowest BCUT2D eigenvalue weighted by atomic mass is 9.70. The van der Waals surface area contributed by atoms with Gasteiger partial charge in [-0.05, 0) is 23.3 Å². The Morgan fingerprint density at radius 1 is 1.00 bits per heavy atom. The highest BCUT2D eigenvalue weighted by atomic mass is 16.5. The second kappa shape index (κ2) is 7.65. The van der Waals surface area contributed by atoms with E-state index < -0.39 is 35.1 Å². The molecule has 1 aliphatic heterocycles. The molecule has 5 unspecified atom stereocenters. The fraction of sp³-hybridized carbons (Fsp3) is 0.269. The first-order chi connectivity index (χ1) is 16.3. The topological polar surface area (TPSA) is 126 Å². The molecular formula is C26H24O8. The number of hydrogen-bond donors (Lipinski definition) is 4. The van der Waals surface area contributed by atoms with Gasteiger partial charge in [-0.1, -0.05) is 42.5 Å². The molecule has 5 rings (SSSR count). The number of rotatable bonds is 5. The van der Waals surface area contributed by atoms with E-state index in [-0.39, 0.29) is 22.8 Å². The number of aliphatic carboxylic acids is 1. The number of benzene rings is 3. The van der Waals surface area contributed by atoms with E-state index >= 15 is 0 Å². The molecule has 176 valence electrons. The van der Waals surface area contributed by atoms with E-state index in [1.165, 1.54) is 26.4 Å². The molecule has 0 radical (unpaired) electrons. The molecule has 1 aliphatic carbocycles. The van der Waals surface area contributed by atoms with Crippen molar-refractivity contribution in [2.75, 3.05) is 14.2 Å². The van der Waals surface area contributed by atoms with Gasteiger partial charge in [0.1, 0.15) is 29.1 Å². The minimum Gasteiger partial charge on any atom is -0.508 e. The van der Waals surface area contributed by atoms with Crippen LogP contribution < -0.4 is 14.2 Å². The van der Waals surface area contributed by atoms with Crippen LogP contribution in [0.1, 0.15) is 22.6 Å². The van der Waals surface area contributed by atoms with Gasteiger partial charge in [0.25, 0.3) is 0 Å². The molecule has 8 nitrogen and oxygen atoms in total. The summed E-state index contributed by atoms with van der Waals surface area (Å²) >= 11 is 0. The van der Waals surface area contributed by atoms with Gasteiger partial charge in [-0.3, -0.25) is 4.79 Å². The summed E-state index contributed by atoms with van der Waals surface area (Å²) in [7, 11) is 2.88. The summed E-state index contributed by atoms with van der Waals surface area (Å²) < 4.78 is 17.2. The molecule has 2 aliphatic rings. The molecule has 1 heterocycles. The van der Waals surface area contributed by atoms with E-state index in [0.29, 0.717) is 16.9 Å². The summed E-state index contributed by atoms with van der Waals surface area (Å²) in [5.74, 6) is -3.13. The summed E-state index contributed by atoms with van der Waals surface area (Å²) in [4.78, 5) is 12.5.